The van der Waals surface area contributed by atoms with Gasteiger partial charge in [-0.05, 0) is 31.0 Å². The number of halogens is 1. The molecule has 0 fully saturated rings. The lowest BCUT2D eigenvalue weighted by molar-refractivity contribution is 0.0944. The van der Waals surface area contributed by atoms with Crippen molar-refractivity contribution < 1.29 is 9.21 Å². The van der Waals surface area contributed by atoms with Crippen LogP contribution in [0.1, 0.15) is 48.0 Å². The predicted octanol–water partition coefficient (Wildman–Crippen LogP) is 5.16. The smallest absolute Gasteiger partial charge is 0.268 e. The summed E-state index contributed by atoms with van der Waals surface area (Å²) in [5.74, 6) is 0.766. The normalized spacial score (nSPS) is 11.2. The number of hydrogen-bond acceptors (Lipinski definition) is 2. The second-order valence-corrected chi connectivity index (χ2v) is 6.75. The van der Waals surface area contributed by atoms with Gasteiger partial charge in [0, 0.05) is 30.2 Å². The maximum atomic E-state index is 12.6. The van der Waals surface area contributed by atoms with Crippen LogP contribution >= 0.6 is 11.6 Å². The molecule has 132 valence electrons. The van der Waals surface area contributed by atoms with E-state index in [0.29, 0.717) is 23.8 Å². The SMILES string of the molecule is CCCCCNC(=O)c1cc2oc(C)cc2n1Cc1cccc(Cl)c1. The monoisotopic (exact) mass is 358 g/mol. The fraction of sp³-hybridized carbons (Fsp3) is 0.350. The van der Waals surface area contributed by atoms with Crippen molar-refractivity contribution in [1.82, 2.24) is 9.88 Å². The Labute approximate surface area is 152 Å². The maximum absolute atomic E-state index is 12.6. The minimum Gasteiger partial charge on any atom is -0.460 e. The van der Waals surface area contributed by atoms with Crippen molar-refractivity contribution in [1.29, 1.82) is 0 Å². The van der Waals surface area contributed by atoms with E-state index in [-0.39, 0.29) is 5.91 Å². The van der Waals surface area contributed by atoms with Crippen molar-refractivity contribution in [3.8, 4) is 0 Å². The van der Waals surface area contributed by atoms with E-state index in [2.05, 4.69) is 12.2 Å². The Morgan fingerprint density at radius 1 is 1.24 bits per heavy atom. The Bertz CT molecular complexity index is 879. The van der Waals surface area contributed by atoms with Crippen molar-refractivity contribution in [3.05, 3.63) is 58.4 Å². The molecule has 0 aliphatic rings. The number of unbranched alkanes of at least 4 members (excludes halogenated alkanes) is 2. The van der Waals surface area contributed by atoms with Crippen LogP contribution in [0.5, 0.6) is 0 Å². The molecule has 0 unspecified atom stereocenters. The molecule has 4 nitrogen and oxygen atoms in total. The van der Waals surface area contributed by atoms with Crippen LogP contribution in [-0.2, 0) is 6.54 Å². The van der Waals surface area contributed by atoms with E-state index in [1.807, 2.05) is 47.9 Å². The fourth-order valence-electron chi connectivity index (χ4n) is 3.01. The Hall–Kier alpha value is -2.20. The second kappa shape index (κ2) is 7.79. The van der Waals surface area contributed by atoms with E-state index in [1.54, 1.807) is 0 Å². The number of carbonyl (C=O) groups is 1. The first-order chi connectivity index (χ1) is 12.1. The van der Waals surface area contributed by atoms with Crippen molar-refractivity contribution in [2.24, 2.45) is 0 Å². The average molecular weight is 359 g/mol. The summed E-state index contributed by atoms with van der Waals surface area (Å²) in [4.78, 5) is 12.6. The number of carbonyl (C=O) groups excluding carboxylic acids is 1. The number of aromatic nitrogens is 1. The highest BCUT2D eigenvalue weighted by Crippen LogP contribution is 2.25. The lowest BCUT2D eigenvalue weighted by Crippen LogP contribution is -2.27. The number of hydrogen-bond donors (Lipinski definition) is 1. The Kier molecular flexibility index (Phi) is 5.49. The third-order valence-electron chi connectivity index (χ3n) is 4.24. The number of nitrogens with zero attached hydrogens (tertiary/aromatic N) is 1. The van der Waals surface area contributed by atoms with Crippen LogP contribution in [-0.4, -0.2) is 17.0 Å². The molecule has 1 amide bonds. The van der Waals surface area contributed by atoms with Gasteiger partial charge < -0.3 is 14.3 Å². The molecule has 0 saturated heterocycles. The van der Waals surface area contributed by atoms with Gasteiger partial charge >= 0.3 is 0 Å². The number of nitrogens with one attached hydrogen (secondary N) is 1. The Morgan fingerprint density at radius 2 is 2.08 bits per heavy atom. The molecule has 0 atom stereocenters. The van der Waals surface area contributed by atoms with Crippen LogP contribution in [0.2, 0.25) is 5.02 Å². The van der Waals surface area contributed by atoms with Crippen molar-refractivity contribution in [2.45, 2.75) is 39.7 Å². The van der Waals surface area contributed by atoms with E-state index in [4.69, 9.17) is 16.0 Å². The molecule has 1 N–H and O–H groups in total. The molecule has 3 aromatic rings. The van der Waals surface area contributed by atoms with Gasteiger partial charge in [0.2, 0.25) is 0 Å². The molecule has 0 radical (unpaired) electrons. The summed E-state index contributed by atoms with van der Waals surface area (Å²) < 4.78 is 7.71. The van der Waals surface area contributed by atoms with Crippen LogP contribution < -0.4 is 5.32 Å². The molecule has 0 aliphatic heterocycles. The van der Waals surface area contributed by atoms with Gasteiger partial charge in [0.05, 0.1) is 5.52 Å². The van der Waals surface area contributed by atoms with Gasteiger partial charge in [-0.1, -0.05) is 43.5 Å². The summed E-state index contributed by atoms with van der Waals surface area (Å²) >= 11 is 6.10. The molecule has 0 bridgehead atoms. The van der Waals surface area contributed by atoms with Gasteiger partial charge in [0.1, 0.15) is 11.5 Å². The zero-order valence-corrected chi connectivity index (χ0v) is 15.4. The molecule has 1 aromatic carbocycles. The first kappa shape index (κ1) is 17.6. The van der Waals surface area contributed by atoms with E-state index >= 15 is 0 Å². The summed E-state index contributed by atoms with van der Waals surface area (Å²) in [5.41, 5.74) is 3.32. The number of fused-ring (bicyclic) bond motifs is 1. The van der Waals surface area contributed by atoms with Crippen molar-refractivity contribution >= 4 is 28.6 Å². The van der Waals surface area contributed by atoms with Gasteiger partial charge in [-0.25, -0.2) is 0 Å². The van der Waals surface area contributed by atoms with Gasteiger partial charge in [0.25, 0.3) is 5.91 Å². The molecule has 0 aliphatic carbocycles. The zero-order valence-electron chi connectivity index (χ0n) is 14.6. The summed E-state index contributed by atoms with van der Waals surface area (Å²) in [5, 5.41) is 3.70. The maximum Gasteiger partial charge on any atom is 0.268 e. The standard InChI is InChI=1S/C20H23ClN2O2/c1-3-4-5-9-22-20(24)18-12-19-17(10-14(2)25-19)23(18)13-15-7-6-8-16(21)11-15/h6-8,10-12H,3-5,9,13H2,1-2H3,(H,22,24). The van der Waals surface area contributed by atoms with Crippen LogP contribution in [0.3, 0.4) is 0 Å². The number of aryl methyl sites for hydroxylation is 1. The van der Waals surface area contributed by atoms with Crippen LogP contribution in [0.25, 0.3) is 11.1 Å². The molecule has 25 heavy (non-hydrogen) atoms. The third kappa shape index (κ3) is 4.07. The first-order valence-corrected chi connectivity index (χ1v) is 9.08. The highest BCUT2D eigenvalue weighted by Gasteiger charge is 2.18. The summed E-state index contributed by atoms with van der Waals surface area (Å²) in [7, 11) is 0. The molecular weight excluding hydrogens is 336 g/mol. The van der Waals surface area contributed by atoms with E-state index in [9.17, 15) is 4.79 Å². The lowest BCUT2D eigenvalue weighted by Gasteiger charge is -2.11. The highest BCUT2D eigenvalue weighted by atomic mass is 35.5. The number of rotatable bonds is 7. The summed E-state index contributed by atoms with van der Waals surface area (Å²) in [6, 6.07) is 11.5. The van der Waals surface area contributed by atoms with Crippen molar-refractivity contribution in [2.75, 3.05) is 6.54 Å². The van der Waals surface area contributed by atoms with Gasteiger partial charge in [0.15, 0.2) is 5.58 Å². The molecule has 5 heteroatoms. The minimum atomic E-state index is -0.0674. The van der Waals surface area contributed by atoms with Gasteiger partial charge in [-0.3, -0.25) is 4.79 Å². The zero-order chi connectivity index (χ0) is 17.8. The fourth-order valence-corrected chi connectivity index (χ4v) is 3.22. The summed E-state index contributed by atoms with van der Waals surface area (Å²) in [6.45, 7) is 5.32. The number of amides is 1. The average Bonchev–Trinajstić information content (AvgIpc) is 3.09. The summed E-state index contributed by atoms with van der Waals surface area (Å²) in [6.07, 6.45) is 3.24. The topological polar surface area (TPSA) is 47.2 Å². The highest BCUT2D eigenvalue weighted by molar-refractivity contribution is 6.30. The molecule has 2 heterocycles. The van der Waals surface area contributed by atoms with E-state index < -0.39 is 0 Å². The molecule has 2 aromatic heterocycles. The lowest BCUT2D eigenvalue weighted by atomic mass is 10.2. The predicted molar refractivity (Wildman–Crippen MR) is 101 cm³/mol. The van der Waals surface area contributed by atoms with Gasteiger partial charge in [-0.15, -0.1) is 0 Å². The number of benzene rings is 1. The molecule has 0 spiro atoms. The Morgan fingerprint density at radius 3 is 2.84 bits per heavy atom. The second-order valence-electron chi connectivity index (χ2n) is 6.32. The van der Waals surface area contributed by atoms with E-state index in [1.165, 1.54) is 0 Å². The van der Waals surface area contributed by atoms with E-state index in [0.717, 1.165) is 41.7 Å². The largest absolute Gasteiger partial charge is 0.460 e. The molecule has 0 saturated carbocycles. The van der Waals surface area contributed by atoms with Crippen LogP contribution in [0, 0.1) is 6.92 Å². The van der Waals surface area contributed by atoms with Crippen molar-refractivity contribution in [3.63, 3.8) is 0 Å². The minimum absolute atomic E-state index is 0.0674. The quantitative estimate of drug-likeness (QED) is 0.592. The third-order valence-corrected chi connectivity index (χ3v) is 4.48. The first-order valence-electron chi connectivity index (χ1n) is 8.71. The van der Waals surface area contributed by atoms with Crippen LogP contribution in [0.15, 0.2) is 40.8 Å². The van der Waals surface area contributed by atoms with Gasteiger partial charge in [-0.2, -0.15) is 0 Å². The Balaban J connectivity index is 1.89. The molecule has 3 rings (SSSR count). The van der Waals surface area contributed by atoms with Crippen LogP contribution in [0.4, 0.5) is 0 Å². The number of furan rings is 1. The molecular formula is C20H23ClN2O2.